The Bertz CT molecular complexity index is 446. The van der Waals surface area contributed by atoms with Gasteiger partial charge in [0.2, 0.25) is 0 Å². The van der Waals surface area contributed by atoms with E-state index in [-0.39, 0.29) is 17.1 Å². The van der Waals surface area contributed by atoms with E-state index in [1.807, 2.05) is 37.3 Å². The summed E-state index contributed by atoms with van der Waals surface area (Å²) in [7, 11) is 1.36. The summed E-state index contributed by atoms with van der Waals surface area (Å²) in [5.41, 5.74) is 0. The lowest BCUT2D eigenvalue weighted by Gasteiger charge is -2.28. The van der Waals surface area contributed by atoms with Gasteiger partial charge in [0, 0.05) is 22.5 Å². The van der Waals surface area contributed by atoms with Crippen molar-refractivity contribution in [3.63, 3.8) is 0 Å². The van der Waals surface area contributed by atoms with Crippen LogP contribution in [0, 0.1) is 0 Å². The SMILES string of the molecule is COC(=O)CCC(C)(CCC(=O)O)Sc1ccccc1. The molecule has 1 unspecified atom stereocenters. The first-order valence-electron chi connectivity index (χ1n) is 6.48. The summed E-state index contributed by atoms with van der Waals surface area (Å²) in [6, 6.07) is 9.80. The average Bonchev–Trinajstić information content (AvgIpc) is 2.44. The van der Waals surface area contributed by atoms with Crippen molar-refractivity contribution in [2.75, 3.05) is 7.11 Å². The average molecular weight is 296 g/mol. The van der Waals surface area contributed by atoms with E-state index in [2.05, 4.69) is 4.74 Å². The second kappa shape index (κ2) is 7.94. The molecule has 0 bridgehead atoms. The Hall–Kier alpha value is -1.49. The number of methoxy groups -OCH3 is 1. The largest absolute Gasteiger partial charge is 0.481 e. The second-order valence-electron chi connectivity index (χ2n) is 4.83. The van der Waals surface area contributed by atoms with Crippen LogP contribution in [0.5, 0.6) is 0 Å². The lowest BCUT2D eigenvalue weighted by molar-refractivity contribution is -0.140. The summed E-state index contributed by atoms with van der Waals surface area (Å²) in [6.07, 6.45) is 1.50. The number of thioether (sulfide) groups is 1. The molecular weight excluding hydrogens is 276 g/mol. The van der Waals surface area contributed by atoms with Crippen molar-refractivity contribution >= 4 is 23.7 Å². The normalized spacial score (nSPS) is 13.5. The number of ether oxygens (including phenoxy) is 1. The van der Waals surface area contributed by atoms with Crippen molar-refractivity contribution in [1.82, 2.24) is 0 Å². The third kappa shape index (κ3) is 6.10. The first-order valence-corrected chi connectivity index (χ1v) is 7.29. The summed E-state index contributed by atoms with van der Waals surface area (Å²) in [5.74, 6) is -1.08. The third-order valence-electron chi connectivity index (χ3n) is 3.06. The van der Waals surface area contributed by atoms with Crippen LogP contribution in [-0.4, -0.2) is 28.9 Å². The Morgan fingerprint density at radius 1 is 1.20 bits per heavy atom. The van der Waals surface area contributed by atoms with Gasteiger partial charge in [-0.05, 0) is 25.0 Å². The minimum atomic E-state index is -0.817. The molecule has 0 heterocycles. The van der Waals surface area contributed by atoms with Crippen molar-refractivity contribution in [2.45, 2.75) is 42.2 Å². The molecule has 0 radical (unpaired) electrons. The van der Waals surface area contributed by atoms with Crippen molar-refractivity contribution in [1.29, 1.82) is 0 Å². The number of carboxylic acid groups (broad SMARTS) is 1. The van der Waals surface area contributed by atoms with E-state index in [9.17, 15) is 9.59 Å². The molecule has 0 aliphatic carbocycles. The van der Waals surface area contributed by atoms with Gasteiger partial charge in [-0.25, -0.2) is 0 Å². The first-order chi connectivity index (χ1) is 9.45. The van der Waals surface area contributed by atoms with Crippen LogP contribution >= 0.6 is 11.8 Å². The molecule has 0 fully saturated rings. The third-order valence-corrected chi connectivity index (χ3v) is 4.47. The number of benzene rings is 1. The first kappa shape index (κ1) is 16.6. The predicted molar refractivity (Wildman–Crippen MR) is 78.8 cm³/mol. The molecule has 1 aromatic carbocycles. The fourth-order valence-electron chi connectivity index (χ4n) is 1.84. The van der Waals surface area contributed by atoms with Gasteiger partial charge < -0.3 is 9.84 Å². The van der Waals surface area contributed by atoms with Crippen LogP contribution in [0.25, 0.3) is 0 Å². The standard InChI is InChI=1S/C15H20O4S/c1-15(10-8-13(16)17,11-9-14(18)19-2)20-12-6-4-3-5-7-12/h3-7H,8-11H2,1-2H3,(H,16,17). The van der Waals surface area contributed by atoms with Gasteiger partial charge >= 0.3 is 11.9 Å². The maximum atomic E-state index is 11.3. The number of carbonyl (C=O) groups is 2. The monoisotopic (exact) mass is 296 g/mol. The number of carboxylic acids is 1. The molecule has 1 atom stereocenters. The lowest BCUT2D eigenvalue weighted by Crippen LogP contribution is -2.23. The van der Waals surface area contributed by atoms with Gasteiger partial charge in [0.1, 0.15) is 0 Å². The second-order valence-corrected chi connectivity index (χ2v) is 6.50. The zero-order chi connectivity index (χ0) is 15.0. The molecule has 0 saturated carbocycles. The van der Waals surface area contributed by atoms with Gasteiger partial charge in [-0.1, -0.05) is 25.1 Å². The Kier molecular flexibility index (Phi) is 6.58. The summed E-state index contributed by atoms with van der Waals surface area (Å²) < 4.78 is 4.36. The maximum absolute atomic E-state index is 11.3. The van der Waals surface area contributed by atoms with Crippen LogP contribution < -0.4 is 0 Å². The van der Waals surface area contributed by atoms with Crippen LogP contribution in [0.3, 0.4) is 0 Å². The van der Waals surface area contributed by atoms with E-state index >= 15 is 0 Å². The van der Waals surface area contributed by atoms with E-state index in [0.717, 1.165) is 4.90 Å². The van der Waals surface area contributed by atoms with Crippen LogP contribution in [0.1, 0.15) is 32.6 Å². The minimum absolute atomic E-state index is 0.0947. The molecule has 20 heavy (non-hydrogen) atoms. The van der Waals surface area contributed by atoms with Crippen LogP contribution in [-0.2, 0) is 14.3 Å². The highest BCUT2D eigenvalue weighted by molar-refractivity contribution is 8.00. The molecule has 1 N–H and O–H groups in total. The highest BCUT2D eigenvalue weighted by Crippen LogP contribution is 2.39. The topological polar surface area (TPSA) is 63.6 Å². The quantitative estimate of drug-likeness (QED) is 0.588. The molecule has 4 nitrogen and oxygen atoms in total. The zero-order valence-electron chi connectivity index (χ0n) is 11.8. The minimum Gasteiger partial charge on any atom is -0.481 e. The number of esters is 1. The number of aliphatic carboxylic acids is 1. The molecule has 0 spiro atoms. The van der Waals surface area contributed by atoms with Crippen molar-refractivity contribution in [3.8, 4) is 0 Å². The van der Waals surface area contributed by atoms with Gasteiger partial charge in [-0.2, -0.15) is 0 Å². The summed E-state index contributed by atoms with van der Waals surface area (Å²) in [4.78, 5) is 23.2. The van der Waals surface area contributed by atoms with Gasteiger partial charge in [-0.3, -0.25) is 9.59 Å². The molecule has 0 saturated heterocycles. The fraction of sp³-hybridized carbons (Fsp3) is 0.467. The predicted octanol–water partition coefficient (Wildman–Crippen LogP) is 3.36. The zero-order valence-corrected chi connectivity index (χ0v) is 12.6. The highest BCUT2D eigenvalue weighted by Gasteiger charge is 2.27. The lowest BCUT2D eigenvalue weighted by atomic mass is 9.98. The van der Waals surface area contributed by atoms with E-state index in [4.69, 9.17) is 5.11 Å². The highest BCUT2D eigenvalue weighted by atomic mass is 32.2. The fourth-order valence-corrected chi connectivity index (χ4v) is 3.11. The van der Waals surface area contributed by atoms with Gasteiger partial charge in [0.25, 0.3) is 0 Å². The smallest absolute Gasteiger partial charge is 0.305 e. The number of carbonyl (C=O) groups excluding carboxylic acids is 1. The van der Waals surface area contributed by atoms with Gasteiger partial charge in [-0.15, -0.1) is 11.8 Å². The Balaban J connectivity index is 2.71. The molecule has 1 rings (SSSR count). The molecule has 0 aliphatic heterocycles. The molecule has 0 aromatic heterocycles. The van der Waals surface area contributed by atoms with Gasteiger partial charge in [0.15, 0.2) is 0 Å². The molecule has 0 amide bonds. The Morgan fingerprint density at radius 3 is 2.35 bits per heavy atom. The summed E-state index contributed by atoms with van der Waals surface area (Å²) >= 11 is 1.61. The van der Waals surface area contributed by atoms with E-state index in [1.165, 1.54) is 7.11 Å². The van der Waals surface area contributed by atoms with E-state index in [0.29, 0.717) is 19.3 Å². The molecule has 5 heteroatoms. The number of rotatable bonds is 8. The van der Waals surface area contributed by atoms with Crippen molar-refractivity contribution in [2.24, 2.45) is 0 Å². The Morgan fingerprint density at radius 2 is 1.80 bits per heavy atom. The van der Waals surface area contributed by atoms with E-state index < -0.39 is 5.97 Å². The van der Waals surface area contributed by atoms with Gasteiger partial charge in [0.05, 0.1) is 7.11 Å². The van der Waals surface area contributed by atoms with Crippen LogP contribution in [0.15, 0.2) is 35.2 Å². The summed E-state index contributed by atoms with van der Waals surface area (Å²) in [5, 5.41) is 8.87. The van der Waals surface area contributed by atoms with Crippen LogP contribution in [0.2, 0.25) is 0 Å². The van der Waals surface area contributed by atoms with Crippen molar-refractivity contribution < 1.29 is 19.4 Å². The molecule has 110 valence electrons. The van der Waals surface area contributed by atoms with E-state index in [1.54, 1.807) is 11.8 Å². The molecule has 1 aromatic rings. The maximum Gasteiger partial charge on any atom is 0.305 e. The van der Waals surface area contributed by atoms with Crippen LogP contribution in [0.4, 0.5) is 0 Å². The van der Waals surface area contributed by atoms with Crippen molar-refractivity contribution in [3.05, 3.63) is 30.3 Å². The number of hydrogen-bond acceptors (Lipinski definition) is 4. The molecule has 0 aliphatic rings. The summed E-state index contributed by atoms with van der Waals surface area (Å²) in [6.45, 7) is 2.00. The number of hydrogen-bond donors (Lipinski definition) is 1. The Labute approximate surface area is 123 Å². The molecular formula is C15H20O4S.